The van der Waals surface area contributed by atoms with Gasteiger partial charge in [0.25, 0.3) is 5.91 Å². The van der Waals surface area contributed by atoms with Gasteiger partial charge in [0.1, 0.15) is 5.69 Å². The van der Waals surface area contributed by atoms with Crippen molar-refractivity contribution in [2.75, 3.05) is 0 Å². The van der Waals surface area contributed by atoms with E-state index in [1.165, 1.54) is 13.0 Å². The number of H-pyrrole nitrogens is 2. The summed E-state index contributed by atoms with van der Waals surface area (Å²) in [5.41, 5.74) is 5.66. The molecule has 0 bridgehead atoms. The molecule has 0 atom stereocenters. The first-order valence-corrected chi connectivity index (χ1v) is 9.15. The zero-order chi connectivity index (χ0) is 21.4. The average Bonchev–Trinajstić information content (AvgIpc) is 3.34. The first kappa shape index (κ1) is 19.1. The zero-order valence-corrected chi connectivity index (χ0v) is 16.2. The molecule has 0 unspecified atom stereocenters. The summed E-state index contributed by atoms with van der Waals surface area (Å²) < 4.78 is 0. The van der Waals surface area contributed by atoms with E-state index in [0.29, 0.717) is 22.2 Å². The number of aromatic amines is 2. The van der Waals surface area contributed by atoms with Crippen LogP contribution in [0.5, 0.6) is 0 Å². The lowest BCUT2D eigenvalue weighted by atomic mass is 10.1. The number of carboxylic acid groups (broad SMARTS) is 1. The van der Waals surface area contributed by atoms with Gasteiger partial charge in [-0.05, 0) is 37.6 Å². The van der Waals surface area contributed by atoms with Crippen molar-refractivity contribution in [3.63, 3.8) is 0 Å². The van der Waals surface area contributed by atoms with Crippen molar-refractivity contribution in [1.29, 1.82) is 0 Å². The number of rotatable bonds is 5. The van der Waals surface area contributed by atoms with E-state index in [1.807, 2.05) is 18.2 Å². The Morgan fingerprint density at radius 3 is 2.57 bits per heavy atom. The number of nitrogens with zero attached hydrogens (tertiary/aromatic N) is 1. The molecule has 2 aromatic carbocycles. The van der Waals surface area contributed by atoms with Gasteiger partial charge in [0.05, 0.1) is 17.2 Å². The Hall–Kier alpha value is -4.20. The van der Waals surface area contributed by atoms with Crippen molar-refractivity contribution in [3.05, 3.63) is 71.0 Å². The largest absolute Gasteiger partial charge is 0.545 e. The lowest BCUT2D eigenvalue weighted by Gasteiger charge is -2.04. The number of hydrogen-bond acceptors (Lipinski definition) is 5. The number of nitrogens with one attached hydrogen (secondary N) is 3. The summed E-state index contributed by atoms with van der Waals surface area (Å²) in [5, 5.41) is 16.7. The van der Waals surface area contributed by atoms with E-state index >= 15 is 0 Å². The molecule has 0 spiro atoms. The van der Waals surface area contributed by atoms with Crippen molar-refractivity contribution >= 4 is 45.2 Å². The maximum absolute atomic E-state index is 12.5. The average molecular weight is 401 g/mol. The van der Waals surface area contributed by atoms with Crippen LogP contribution in [0.2, 0.25) is 0 Å². The highest BCUT2D eigenvalue weighted by Crippen LogP contribution is 2.21. The Balaban J connectivity index is 1.59. The summed E-state index contributed by atoms with van der Waals surface area (Å²) in [7, 11) is 0. The van der Waals surface area contributed by atoms with Crippen LogP contribution in [0.4, 0.5) is 0 Å². The summed E-state index contributed by atoms with van der Waals surface area (Å²) in [6, 6.07) is 11.8. The van der Waals surface area contributed by atoms with Gasteiger partial charge in [-0.2, -0.15) is 5.10 Å². The third-order valence-electron chi connectivity index (χ3n) is 4.92. The van der Waals surface area contributed by atoms with Gasteiger partial charge >= 0.3 is 0 Å². The molecule has 8 heteroatoms. The second-order valence-corrected chi connectivity index (χ2v) is 6.90. The summed E-state index contributed by atoms with van der Waals surface area (Å²) in [5.74, 6) is -1.88. The number of para-hydroxylation sites is 1. The molecule has 0 aliphatic rings. The van der Waals surface area contributed by atoms with Crippen molar-refractivity contribution in [3.8, 4) is 0 Å². The molecule has 0 saturated heterocycles. The molecule has 150 valence electrons. The molecule has 2 aromatic heterocycles. The maximum Gasteiger partial charge on any atom is 0.287 e. The minimum absolute atomic E-state index is 0.0210. The second kappa shape index (κ2) is 7.32. The number of carboxylic acids is 1. The fourth-order valence-electron chi connectivity index (χ4n) is 3.34. The Bertz CT molecular complexity index is 1360. The number of ketones is 1. The van der Waals surface area contributed by atoms with Crippen molar-refractivity contribution in [1.82, 2.24) is 15.4 Å². The van der Waals surface area contributed by atoms with E-state index < -0.39 is 11.9 Å². The molecule has 0 aliphatic heterocycles. The van der Waals surface area contributed by atoms with Crippen molar-refractivity contribution < 1.29 is 19.5 Å². The predicted octanol–water partition coefficient (Wildman–Crippen LogP) is 2.37. The molecule has 4 aromatic rings. The van der Waals surface area contributed by atoms with Crippen LogP contribution in [-0.2, 0) is 0 Å². The number of Topliss-reactive ketones (excluding diaryl/α,β-unsaturated/α-hetero) is 1. The first-order valence-electron chi connectivity index (χ1n) is 9.15. The van der Waals surface area contributed by atoms with Gasteiger partial charge in [-0.25, -0.2) is 5.43 Å². The molecule has 1 amide bonds. The van der Waals surface area contributed by atoms with Crippen LogP contribution in [0.15, 0.2) is 53.8 Å². The molecule has 4 rings (SSSR count). The topological polar surface area (TPSA) is 130 Å². The quantitative estimate of drug-likeness (QED) is 0.269. The zero-order valence-electron chi connectivity index (χ0n) is 16.2. The third-order valence-corrected chi connectivity index (χ3v) is 4.92. The van der Waals surface area contributed by atoms with Crippen LogP contribution in [0, 0.1) is 0 Å². The number of benzene rings is 2. The highest BCUT2D eigenvalue weighted by atomic mass is 16.4. The minimum Gasteiger partial charge on any atom is -0.545 e. The Morgan fingerprint density at radius 2 is 1.83 bits per heavy atom. The highest BCUT2D eigenvalue weighted by Gasteiger charge is 2.13. The highest BCUT2D eigenvalue weighted by molar-refractivity contribution is 6.10. The molecule has 8 nitrogen and oxygen atoms in total. The van der Waals surface area contributed by atoms with E-state index in [-0.39, 0.29) is 17.0 Å². The smallest absolute Gasteiger partial charge is 0.287 e. The van der Waals surface area contributed by atoms with Gasteiger partial charge in [0.15, 0.2) is 5.78 Å². The Kier molecular flexibility index (Phi) is 4.67. The van der Waals surface area contributed by atoms with Crippen LogP contribution in [0.25, 0.3) is 21.8 Å². The summed E-state index contributed by atoms with van der Waals surface area (Å²) in [4.78, 5) is 41.3. The van der Waals surface area contributed by atoms with Gasteiger partial charge in [-0.1, -0.05) is 24.3 Å². The number of carbonyl (C=O) groups is 3. The molecule has 2 heterocycles. The minimum atomic E-state index is -1.33. The second-order valence-electron chi connectivity index (χ2n) is 6.90. The lowest BCUT2D eigenvalue weighted by molar-refractivity contribution is -0.254. The fraction of sp³-hybridized carbons (Fsp3) is 0.0909. The van der Waals surface area contributed by atoms with Gasteiger partial charge < -0.3 is 19.9 Å². The van der Waals surface area contributed by atoms with Crippen LogP contribution >= 0.6 is 0 Å². The van der Waals surface area contributed by atoms with Gasteiger partial charge in [0, 0.05) is 33.6 Å². The molecule has 0 fully saturated rings. The lowest BCUT2D eigenvalue weighted by Crippen LogP contribution is -2.22. The normalized spacial score (nSPS) is 11.7. The molecule has 0 radical (unpaired) electrons. The fourth-order valence-corrected chi connectivity index (χ4v) is 3.34. The van der Waals surface area contributed by atoms with Crippen molar-refractivity contribution in [2.45, 2.75) is 13.8 Å². The molecule has 3 N–H and O–H groups in total. The van der Waals surface area contributed by atoms with Gasteiger partial charge in [-0.3, -0.25) is 9.59 Å². The molecular formula is C22H17N4O4-. The van der Waals surface area contributed by atoms with E-state index in [4.69, 9.17) is 0 Å². The number of fused-ring (bicyclic) bond motifs is 2. The monoisotopic (exact) mass is 401 g/mol. The molecular weight excluding hydrogens is 384 g/mol. The maximum atomic E-state index is 12.5. The Labute approximate surface area is 170 Å². The molecule has 0 saturated carbocycles. The SMILES string of the molecule is CC(=O)c1c[nH]c2ccc(/C(C)=N\NC(=O)c3cc4cccc(C(=O)[O-])c4[nH]3)cc12. The van der Waals surface area contributed by atoms with E-state index in [2.05, 4.69) is 20.5 Å². The third kappa shape index (κ3) is 3.35. The van der Waals surface area contributed by atoms with E-state index in [9.17, 15) is 19.5 Å². The Morgan fingerprint density at radius 1 is 1.03 bits per heavy atom. The summed E-state index contributed by atoms with van der Waals surface area (Å²) in [6.07, 6.45) is 1.67. The molecule has 30 heavy (non-hydrogen) atoms. The predicted molar refractivity (Wildman–Crippen MR) is 111 cm³/mol. The number of carbonyl (C=O) groups excluding carboxylic acids is 3. The van der Waals surface area contributed by atoms with Crippen LogP contribution in [-0.4, -0.2) is 33.3 Å². The number of aromatic carboxylic acids is 1. The van der Waals surface area contributed by atoms with Crippen LogP contribution in [0.3, 0.4) is 0 Å². The summed E-state index contributed by atoms with van der Waals surface area (Å²) in [6.45, 7) is 3.24. The van der Waals surface area contributed by atoms with Gasteiger partial charge in [0.2, 0.25) is 0 Å². The van der Waals surface area contributed by atoms with E-state index in [0.717, 1.165) is 16.5 Å². The first-order chi connectivity index (χ1) is 14.3. The van der Waals surface area contributed by atoms with Crippen molar-refractivity contribution in [2.24, 2.45) is 5.10 Å². The van der Waals surface area contributed by atoms with Crippen LogP contribution < -0.4 is 10.5 Å². The van der Waals surface area contributed by atoms with Crippen LogP contribution in [0.1, 0.15) is 50.6 Å². The van der Waals surface area contributed by atoms with Gasteiger partial charge in [-0.15, -0.1) is 0 Å². The molecule has 0 aliphatic carbocycles. The van der Waals surface area contributed by atoms with E-state index in [1.54, 1.807) is 31.3 Å². The number of aromatic nitrogens is 2. The number of amides is 1. The number of hydrogen-bond donors (Lipinski definition) is 3. The standard InChI is InChI=1S/C22H18N4O4/c1-11(13-6-7-18-16(8-13)17(10-23-18)12(2)27)25-26-21(28)19-9-14-4-3-5-15(22(29)30)20(14)24-19/h3-10,23-24H,1-2H3,(H,26,28)(H,29,30)/p-1/b25-11-. The number of hydrazone groups is 1. The summed E-state index contributed by atoms with van der Waals surface area (Å²) >= 11 is 0.